The number of oxazole rings is 1. The molecule has 1 fully saturated rings. The van der Waals surface area contributed by atoms with Gasteiger partial charge in [-0.2, -0.15) is 5.10 Å². The number of aldehydes is 1. The molecule has 50 heavy (non-hydrogen) atoms. The smallest absolute Gasteiger partial charge is 0.416 e. The monoisotopic (exact) mass is 684 g/mol. The van der Waals surface area contributed by atoms with Crippen LogP contribution in [0.25, 0.3) is 17.1 Å². The summed E-state index contributed by atoms with van der Waals surface area (Å²) in [5.41, 5.74) is 6.10. The van der Waals surface area contributed by atoms with Crippen LogP contribution in [0.3, 0.4) is 0 Å². The lowest BCUT2D eigenvalue weighted by atomic mass is 10.1. The number of rotatable bonds is 14. The van der Waals surface area contributed by atoms with Gasteiger partial charge in [0.25, 0.3) is 17.7 Å². The van der Waals surface area contributed by atoms with E-state index in [-0.39, 0.29) is 28.9 Å². The van der Waals surface area contributed by atoms with Crippen LogP contribution >= 0.6 is 0 Å². The Balaban J connectivity index is 1.29. The van der Waals surface area contributed by atoms with Crippen molar-refractivity contribution in [3.8, 4) is 17.1 Å². The molecule has 0 saturated heterocycles. The minimum Gasteiger partial charge on any atom is -0.444 e. The molecule has 4 amide bonds. The average Bonchev–Trinajstić information content (AvgIpc) is 3.58. The Kier molecular flexibility index (Phi) is 10.7. The molecule has 15 heteroatoms. The molecule has 15 nitrogen and oxygen atoms in total. The number of amides is 4. The number of hydrogen-bond donors (Lipinski definition) is 2. The van der Waals surface area contributed by atoms with Crippen molar-refractivity contribution in [2.45, 2.75) is 58.5 Å². The van der Waals surface area contributed by atoms with Crippen LogP contribution in [0, 0.1) is 5.92 Å². The van der Waals surface area contributed by atoms with Crippen LogP contribution in [-0.2, 0) is 9.53 Å². The number of nitrogens with zero attached hydrogens (tertiary/aromatic N) is 6. The predicted octanol–water partition coefficient (Wildman–Crippen LogP) is 4.87. The molecule has 0 aliphatic heterocycles. The van der Waals surface area contributed by atoms with Crippen molar-refractivity contribution in [3.05, 3.63) is 72.0 Å². The maximum atomic E-state index is 13.2. The Hall–Kier alpha value is -5.86. The summed E-state index contributed by atoms with van der Waals surface area (Å²) in [6.07, 6.45) is 8.38. The minimum atomic E-state index is -0.868. The topological polar surface area (TPSA) is 196 Å². The van der Waals surface area contributed by atoms with E-state index in [0.29, 0.717) is 60.9 Å². The molecule has 3 N–H and O–H groups in total. The fourth-order valence-corrected chi connectivity index (χ4v) is 4.97. The first-order valence-corrected chi connectivity index (χ1v) is 16.3. The quantitative estimate of drug-likeness (QED) is 0.137. The van der Waals surface area contributed by atoms with Crippen molar-refractivity contribution >= 4 is 41.6 Å². The van der Waals surface area contributed by atoms with E-state index in [0.717, 1.165) is 19.1 Å². The maximum Gasteiger partial charge on any atom is 0.416 e. The van der Waals surface area contributed by atoms with Crippen molar-refractivity contribution in [1.82, 2.24) is 24.6 Å². The third-order valence-electron chi connectivity index (χ3n) is 7.74. The summed E-state index contributed by atoms with van der Waals surface area (Å²) in [6.45, 7) is 6.37. The van der Waals surface area contributed by atoms with E-state index < -0.39 is 23.5 Å². The third kappa shape index (κ3) is 8.98. The molecule has 4 aromatic rings. The zero-order valence-corrected chi connectivity index (χ0v) is 28.4. The fourth-order valence-electron chi connectivity index (χ4n) is 4.97. The van der Waals surface area contributed by atoms with Crippen LogP contribution in [0.5, 0.6) is 0 Å². The van der Waals surface area contributed by atoms with Crippen molar-refractivity contribution in [1.29, 1.82) is 0 Å². The lowest BCUT2D eigenvalue weighted by Gasteiger charge is -2.27. The third-order valence-corrected chi connectivity index (χ3v) is 7.74. The molecule has 262 valence electrons. The van der Waals surface area contributed by atoms with Crippen molar-refractivity contribution < 1.29 is 33.1 Å². The molecule has 3 aromatic heterocycles. The standard InChI is InChI=1S/C35H40N8O7/c1-35(2,3)50-34(48)42(19-22-8-9-22)28-18-24(14-15-37-28)32-39-27(21-49-32)31(46)38-26-20-43(40-29(26)30(36)45)25-12-10-23(11-13-25)33(47)41(4)16-6-5-7-17-44/h10-15,17-18,20-22H,5-9,16,19H2,1-4H3,(H2,36,45)(H,38,46). The highest BCUT2D eigenvalue weighted by atomic mass is 16.6. The summed E-state index contributed by atoms with van der Waals surface area (Å²) in [7, 11) is 1.70. The molecule has 1 saturated carbocycles. The highest BCUT2D eigenvalue weighted by molar-refractivity contribution is 6.07. The van der Waals surface area contributed by atoms with Gasteiger partial charge in [-0.05, 0) is 88.8 Å². The molecule has 0 radical (unpaired) electrons. The minimum absolute atomic E-state index is 0.0431. The van der Waals surface area contributed by atoms with Gasteiger partial charge >= 0.3 is 6.09 Å². The Morgan fingerprint density at radius 2 is 1.86 bits per heavy atom. The Morgan fingerprint density at radius 1 is 1.12 bits per heavy atom. The maximum absolute atomic E-state index is 13.2. The number of primary amides is 1. The van der Waals surface area contributed by atoms with Gasteiger partial charge < -0.3 is 29.9 Å². The highest BCUT2D eigenvalue weighted by Gasteiger charge is 2.31. The van der Waals surface area contributed by atoms with Gasteiger partial charge in [-0.1, -0.05) is 0 Å². The first kappa shape index (κ1) is 35.4. The summed E-state index contributed by atoms with van der Waals surface area (Å²) in [4.78, 5) is 73.6. The second kappa shape index (κ2) is 15.1. The van der Waals surface area contributed by atoms with Crippen molar-refractivity contribution in [2.24, 2.45) is 11.7 Å². The van der Waals surface area contributed by atoms with Crippen LogP contribution in [0.4, 0.5) is 16.3 Å². The number of carbonyl (C=O) groups is 5. The zero-order chi connectivity index (χ0) is 36.0. The van der Waals surface area contributed by atoms with Gasteiger partial charge in [-0.3, -0.25) is 19.3 Å². The number of aromatic nitrogens is 4. The number of unbranched alkanes of at least 4 members (excludes halogenated alkanes) is 2. The summed E-state index contributed by atoms with van der Waals surface area (Å²) in [6, 6.07) is 9.84. The van der Waals surface area contributed by atoms with E-state index in [1.807, 2.05) is 0 Å². The number of ether oxygens (including phenoxy) is 1. The number of hydrogen-bond acceptors (Lipinski definition) is 10. The lowest BCUT2D eigenvalue weighted by Crippen LogP contribution is -2.38. The molecule has 0 spiro atoms. The molecule has 0 unspecified atom stereocenters. The van der Waals surface area contributed by atoms with Gasteiger partial charge in [0, 0.05) is 43.9 Å². The molecule has 5 rings (SSSR count). The summed E-state index contributed by atoms with van der Waals surface area (Å²) >= 11 is 0. The molecule has 0 atom stereocenters. The van der Waals surface area contributed by atoms with Gasteiger partial charge in [-0.15, -0.1) is 0 Å². The lowest BCUT2D eigenvalue weighted by molar-refractivity contribution is -0.107. The van der Waals surface area contributed by atoms with Gasteiger partial charge in [0.1, 0.15) is 24.0 Å². The highest BCUT2D eigenvalue weighted by Crippen LogP contribution is 2.33. The van der Waals surface area contributed by atoms with Crippen LogP contribution < -0.4 is 16.0 Å². The van der Waals surface area contributed by atoms with Crippen LogP contribution in [0.15, 0.2) is 59.5 Å². The number of pyridine rings is 1. The normalized spacial score (nSPS) is 12.6. The van der Waals surface area contributed by atoms with Gasteiger partial charge in [0.15, 0.2) is 11.4 Å². The summed E-state index contributed by atoms with van der Waals surface area (Å²) in [5, 5.41) is 6.87. The molecule has 3 heterocycles. The SMILES string of the molecule is CN(CCCCC=O)C(=O)c1ccc(-n2cc(NC(=O)c3coc(-c4ccnc(N(CC5CC5)C(=O)OC(C)(C)C)c4)n3)c(C(N)=O)n2)cc1. The number of carbonyl (C=O) groups excluding carboxylic acids is 5. The zero-order valence-electron chi connectivity index (χ0n) is 28.4. The second-order valence-electron chi connectivity index (χ2n) is 13.1. The van der Waals surface area contributed by atoms with Crippen molar-refractivity contribution in [3.63, 3.8) is 0 Å². The predicted molar refractivity (Wildman–Crippen MR) is 183 cm³/mol. The van der Waals surface area contributed by atoms with E-state index in [1.165, 1.54) is 28.2 Å². The van der Waals surface area contributed by atoms with E-state index in [4.69, 9.17) is 14.9 Å². The van der Waals surface area contributed by atoms with E-state index >= 15 is 0 Å². The van der Waals surface area contributed by atoms with E-state index in [9.17, 15) is 24.0 Å². The average molecular weight is 685 g/mol. The van der Waals surface area contributed by atoms with E-state index in [2.05, 4.69) is 20.4 Å². The molecule has 1 aliphatic rings. The first-order chi connectivity index (χ1) is 23.8. The summed E-state index contributed by atoms with van der Waals surface area (Å²) < 4.78 is 12.6. The van der Waals surface area contributed by atoms with Crippen LogP contribution in [-0.4, -0.2) is 80.5 Å². The molecular weight excluding hydrogens is 644 g/mol. The number of nitrogens with one attached hydrogen (secondary N) is 1. The van der Waals surface area contributed by atoms with Crippen LogP contribution in [0.1, 0.15) is 84.2 Å². The Bertz CT molecular complexity index is 1870. The largest absolute Gasteiger partial charge is 0.444 e. The fraction of sp³-hybridized carbons (Fsp3) is 0.371. The van der Waals surface area contributed by atoms with E-state index in [1.54, 1.807) is 69.1 Å². The molecule has 1 aliphatic carbocycles. The van der Waals surface area contributed by atoms with Crippen LogP contribution in [0.2, 0.25) is 0 Å². The van der Waals surface area contributed by atoms with Gasteiger partial charge in [-0.25, -0.2) is 19.4 Å². The molecular formula is C35H40N8O7. The Morgan fingerprint density at radius 3 is 2.52 bits per heavy atom. The van der Waals surface area contributed by atoms with Gasteiger partial charge in [0.05, 0.1) is 17.6 Å². The van der Waals surface area contributed by atoms with Crippen molar-refractivity contribution in [2.75, 3.05) is 30.4 Å². The van der Waals surface area contributed by atoms with Gasteiger partial charge in [0.2, 0.25) is 5.89 Å². The first-order valence-electron chi connectivity index (χ1n) is 16.3. The molecule has 0 bridgehead atoms. The number of nitrogens with two attached hydrogens (primary N) is 1. The number of anilines is 2. The summed E-state index contributed by atoms with van der Waals surface area (Å²) in [5.74, 6) is -0.886. The number of benzene rings is 1. The second-order valence-corrected chi connectivity index (χ2v) is 13.1. The molecule has 1 aromatic carbocycles. The Labute approximate surface area is 288 Å².